The summed E-state index contributed by atoms with van der Waals surface area (Å²) in [6.45, 7) is 6.38. The van der Waals surface area contributed by atoms with Crippen LogP contribution in [0.5, 0.6) is 0 Å². The van der Waals surface area contributed by atoms with Crippen LogP contribution in [0.15, 0.2) is 60.9 Å². The first kappa shape index (κ1) is 24.8. The van der Waals surface area contributed by atoms with Gasteiger partial charge >= 0.3 is 6.09 Å². The molecule has 0 unspecified atom stereocenters. The molecule has 0 bridgehead atoms. The third-order valence-electron chi connectivity index (χ3n) is 5.03. The van der Waals surface area contributed by atoms with Crippen LogP contribution in [0.25, 0.3) is 0 Å². The lowest BCUT2D eigenvalue weighted by atomic mass is 10.1. The lowest BCUT2D eigenvalue weighted by molar-refractivity contribution is 0.102. The summed E-state index contributed by atoms with van der Waals surface area (Å²) >= 11 is 0. The fourth-order valence-electron chi connectivity index (χ4n) is 3.45. The minimum atomic E-state index is -0.539. The highest BCUT2D eigenvalue weighted by Crippen LogP contribution is 2.27. The smallest absolute Gasteiger partial charge is 0.414 e. The Morgan fingerprint density at radius 3 is 2.41 bits per heavy atom. The van der Waals surface area contributed by atoms with Gasteiger partial charge in [0.2, 0.25) is 0 Å². The maximum absolute atomic E-state index is 13.6. The maximum Gasteiger partial charge on any atom is 0.414 e. The van der Waals surface area contributed by atoms with Crippen molar-refractivity contribution in [2.45, 2.75) is 32.9 Å². The normalized spacial score (nSPS) is 11.1. The van der Waals surface area contributed by atoms with E-state index in [0.29, 0.717) is 29.2 Å². The predicted octanol–water partition coefficient (Wildman–Crippen LogP) is 4.78. The highest BCUT2D eigenvalue weighted by molar-refractivity contribution is 6.08. The fourth-order valence-corrected chi connectivity index (χ4v) is 3.45. The number of carbonyl (C=O) groups is 2. The van der Waals surface area contributed by atoms with Gasteiger partial charge in [0.25, 0.3) is 5.91 Å². The molecule has 0 aliphatic rings. The van der Waals surface area contributed by atoms with E-state index in [1.165, 1.54) is 18.2 Å². The van der Waals surface area contributed by atoms with Crippen LogP contribution in [0.3, 0.4) is 0 Å². The molecule has 9 heteroatoms. The van der Waals surface area contributed by atoms with Gasteiger partial charge in [0, 0.05) is 43.4 Å². The second-order valence-electron chi connectivity index (χ2n) is 8.95. The summed E-state index contributed by atoms with van der Waals surface area (Å²) in [6.07, 6.45) is 3.00. The van der Waals surface area contributed by atoms with Crippen molar-refractivity contribution in [3.63, 3.8) is 0 Å². The zero-order valence-electron chi connectivity index (χ0n) is 20.1. The molecule has 0 radical (unpaired) electrons. The number of benzene rings is 2. The lowest BCUT2D eigenvalue weighted by Gasteiger charge is -2.34. The number of nitrogens with one attached hydrogen (secondary N) is 1. The van der Waals surface area contributed by atoms with E-state index in [0.717, 1.165) is 0 Å². The van der Waals surface area contributed by atoms with E-state index in [-0.39, 0.29) is 12.5 Å². The van der Waals surface area contributed by atoms with Gasteiger partial charge in [-0.2, -0.15) is 5.10 Å². The van der Waals surface area contributed by atoms with Crippen molar-refractivity contribution in [3.05, 3.63) is 72.3 Å². The largest absolute Gasteiger partial charge is 0.447 e. The third-order valence-corrected chi connectivity index (χ3v) is 5.03. The molecule has 3 aromatic rings. The molecule has 1 N–H and O–H groups in total. The topological polar surface area (TPSA) is 79.7 Å². The van der Waals surface area contributed by atoms with E-state index < -0.39 is 17.4 Å². The molecule has 0 saturated carbocycles. The summed E-state index contributed by atoms with van der Waals surface area (Å²) < 4.78 is 20.8. The highest BCUT2D eigenvalue weighted by Gasteiger charge is 2.29. The van der Waals surface area contributed by atoms with Crippen LogP contribution >= 0.6 is 0 Å². The summed E-state index contributed by atoms with van der Waals surface area (Å²) in [7, 11) is 3.49. The monoisotopic (exact) mass is 467 g/mol. The number of hydrogen-bond acceptors (Lipinski definition) is 5. The molecule has 0 aliphatic carbocycles. The average Bonchev–Trinajstić information content (AvgIpc) is 3.27. The number of nitrogens with zero attached hydrogens (tertiary/aromatic N) is 4. The molecular formula is C25H30FN5O3. The Kier molecular flexibility index (Phi) is 7.55. The number of halogens is 1. The Hall–Kier alpha value is -3.88. The Morgan fingerprint density at radius 1 is 1.12 bits per heavy atom. The van der Waals surface area contributed by atoms with Gasteiger partial charge < -0.3 is 15.0 Å². The Balaban J connectivity index is 1.71. The standard InChI is InChI=1S/C25H30FN5O3/c1-25(2,3)31(24(33)34-16-15-30-14-6-13-27-30)20-10-8-19(9-11-20)28-23(32)21-12-7-18(26)17-22(21)29(4)5/h6-14,17H,15-16H2,1-5H3,(H,28,32). The molecule has 180 valence electrons. The summed E-state index contributed by atoms with van der Waals surface area (Å²) in [6, 6.07) is 12.7. The van der Waals surface area contributed by atoms with Crippen LogP contribution in [0, 0.1) is 5.82 Å². The van der Waals surface area contributed by atoms with E-state index >= 15 is 0 Å². The molecule has 0 aliphatic heterocycles. The van der Waals surface area contributed by atoms with Gasteiger partial charge in [-0.15, -0.1) is 0 Å². The molecule has 2 aromatic carbocycles. The first-order valence-corrected chi connectivity index (χ1v) is 10.9. The molecule has 1 aromatic heterocycles. The molecule has 0 fully saturated rings. The molecule has 34 heavy (non-hydrogen) atoms. The van der Waals surface area contributed by atoms with Crippen molar-refractivity contribution < 1.29 is 18.7 Å². The average molecular weight is 468 g/mol. The van der Waals surface area contributed by atoms with Crippen molar-refractivity contribution in [1.82, 2.24) is 9.78 Å². The maximum atomic E-state index is 13.6. The SMILES string of the molecule is CN(C)c1cc(F)ccc1C(=O)Nc1ccc(N(C(=O)OCCn2cccn2)C(C)(C)C)cc1. The van der Waals surface area contributed by atoms with Crippen molar-refractivity contribution in [2.75, 3.05) is 35.8 Å². The van der Waals surface area contributed by atoms with Crippen molar-refractivity contribution in [3.8, 4) is 0 Å². The minimum absolute atomic E-state index is 0.188. The molecule has 0 atom stereocenters. The number of carbonyl (C=O) groups excluding carboxylic acids is 2. The molecular weight excluding hydrogens is 437 g/mol. The molecule has 3 rings (SSSR count). The van der Waals surface area contributed by atoms with Crippen LogP contribution in [0.4, 0.5) is 26.2 Å². The van der Waals surface area contributed by atoms with E-state index in [4.69, 9.17) is 4.74 Å². The molecule has 1 heterocycles. The van der Waals surface area contributed by atoms with Gasteiger partial charge in [0.1, 0.15) is 12.4 Å². The van der Waals surface area contributed by atoms with Gasteiger partial charge in [-0.1, -0.05) is 0 Å². The highest BCUT2D eigenvalue weighted by atomic mass is 19.1. The Bertz CT molecular complexity index is 1120. The first-order valence-electron chi connectivity index (χ1n) is 10.9. The zero-order chi connectivity index (χ0) is 24.9. The Labute approximate surface area is 198 Å². The second kappa shape index (κ2) is 10.4. The number of amides is 2. The van der Waals surface area contributed by atoms with E-state index in [1.54, 1.807) is 71.3 Å². The summed E-state index contributed by atoms with van der Waals surface area (Å²) in [5, 5.41) is 6.92. The third kappa shape index (κ3) is 6.12. The Morgan fingerprint density at radius 2 is 1.82 bits per heavy atom. The van der Waals surface area contributed by atoms with Crippen molar-refractivity contribution >= 4 is 29.1 Å². The molecule has 0 spiro atoms. The first-order chi connectivity index (χ1) is 16.1. The molecule has 8 nitrogen and oxygen atoms in total. The molecule has 0 saturated heterocycles. The predicted molar refractivity (Wildman–Crippen MR) is 131 cm³/mol. The van der Waals surface area contributed by atoms with E-state index in [1.807, 2.05) is 20.8 Å². The van der Waals surface area contributed by atoms with Crippen molar-refractivity contribution in [2.24, 2.45) is 0 Å². The summed E-state index contributed by atoms with van der Waals surface area (Å²) in [5.41, 5.74) is 1.47. The van der Waals surface area contributed by atoms with Gasteiger partial charge in [-0.05, 0) is 69.3 Å². The number of aromatic nitrogens is 2. The number of ether oxygens (including phenoxy) is 1. The fraction of sp³-hybridized carbons (Fsp3) is 0.320. The second-order valence-corrected chi connectivity index (χ2v) is 8.95. The number of rotatable bonds is 7. The van der Waals surface area contributed by atoms with E-state index in [2.05, 4.69) is 10.4 Å². The van der Waals surface area contributed by atoms with Gasteiger partial charge in [0.05, 0.1) is 17.8 Å². The van der Waals surface area contributed by atoms with Gasteiger partial charge in [-0.3, -0.25) is 14.4 Å². The summed E-state index contributed by atoms with van der Waals surface area (Å²) in [4.78, 5) is 28.9. The quantitative estimate of drug-likeness (QED) is 0.541. The lowest BCUT2D eigenvalue weighted by Crippen LogP contribution is -2.46. The number of anilines is 3. The van der Waals surface area contributed by atoms with E-state index in [9.17, 15) is 14.0 Å². The van der Waals surface area contributed by atoms with Crippen LogP contribution < -0.4 is 15.1 Å². The zero-order valence-corrected chi connectivity index (χ0v) is 20.1. The van der Waals surface area contributed by atoms with Crippen LogP contribution in [-0.2, 0) is 11.3 Å². The van der Waals surface area contributed by atoms with Crippen molar-refractivity contribution in [1.29, 1.82) is 0 Å². The molecule has 2 amide bonds. The van der Waals surface area contributed by atoms with Crippen LogP contribution in [0.2, 0.25) is 0 Å². The van der Waals surface area contributed by atoms with Crippen LogP contribution in [-0.4, -0.2) is 48.0 Å². The minimum Gasteiger partial charge on any atom is -0.447 e. The van der Waals surface area contributed by atoms with Gasteiger partial charge in [0.15, 0.2) is 0 Å². The summed E-state index contributed by atoms with van der Waals surface area (Å²) in [5.74, 6) is -0.773. The van der Waals surface area contributed by atoms with Gasteiger partial charge in [-0.25, -0.2) is 9.18 Å². The number of hydrogen-bond donors (Lipinski definition) is 1. The van der Waals surface area contributed by atoms with Crippen LogP contribution in [0.1, 0.15) is 31.1 Å².